The number of imidazole rings is 1. The summed E-state index contributed by atoms with van der Waals surface area (Å²) in [6.45, 7) is 4.62. The standard InChI is InChI=1S/C75H101N17O21S/c1-39(2)30-51(85-69(106)53(33-43-15-21-47(95)22-16-43)86-65(102)49(23-24-60(77)96)83-66(103)50(25-29-114-4)82-64(101)48(76)31-41-11-17-45(93)18-12-41)68(105)88-55(35-61(78)97)72(109)91-27-6-9-58(91)74(111)92-28-7-10-59(92)73(110)90-26-5-8-57(90)71(108)87-52(32-42-13-19-46(94)20-14-42)67(104)81-40(3)63(100)84-54(36-62(98)99)70(107)89-56(75(112)113)34-44-37-79-38-80-44/h11-22,37-40,48-59,93-95H,5-10,23-36,76H2,1-4H3,(H2,77,96)(H2,78,97)(H,79,80)(H,81,104)(H,82,101)(H,83,103)(H,84,100)(H,85,106)(H,86,102)(H,87,108)(H,88,105)(H,89,107)(H,98,99)(H,112,113)/t40-,48-,49-,50-,51-,52-,53-,54-,55-,56-,57-,58-,59-/m0/s1. The Hall–Kier alpha value is -11.9. The van der Waals surface area contributed by atoms with Crippen molar-refractivity contribution in [1.82, 2.24) is 72.5 Å². The molecule has 3 aliphatic rings. The number of thioether (sulfide) groups is 1. The Kier molecular flexibility index (Phi) is 33.4. The molecule has 13 atom stereocenters. The molecular weight excluding hydrogens is 1510 g/mol. The number of likely N-dealkylation sites (tertiary alicyclic amines) is 3. The second kappa shape index (κ2) is 42.7. The summed E-state index contributed by atoms with van der Waals surface area (Å²) in [5.74, 6) is -16.0. The van der Waals surface area contributed by atoms with E-state index in [9.17, 15) is 102 Å². The molecule has 3 aromatic carbocycles. The van der Waals surface area contributed by atoms with Crippen LogP contribution < -0.4 is 65.1 Å². The SMILES string of the molecule is CSCC[C@H](NC(=O)[C@@H](N)Cc1ccc(O)cc1)C(=O)N[C@@H](CCC(N)=O)C(=O)N[C@@H](Cc1ccc(O)cc1)C(=O)N[C@@H](CC(C)C)C(=O)N[C@@H](CC(N)=O)C(=O)N1CCC[C@H]1C(=O)N1CCC[C@H]1C(=O)N1CCC[C@H]1C(=O)N[C@@H](Cc1ccc(O)cc1)C(=O)N[C@@H](C)C(=O)N[C@@H](CC(=O)O)C(=O)N[C@@H](Cc1cnc[nH]1)C(=O)O. The predicted octanol–water partition coefficient (Wildman–Crippen LogP) is -3.02. The fourth-order valence-electron chi connectivity index (χ4n) is 13.5. The predicted molar refractivity (Wildman–Crippen MR) is 408 cm³/mol. The molecule has 0 spiro atoms. The van der Waals surface area contributed by atoms with E-state index in [0.29, 0.717) is 41.0 Å². The maximum Gasteiger partial charge on any atom is 0.326 e. The number of nitrogens with zero attached hydrogens (tertiary/aromatic N) is 4. The molecule has 0 aliphatic carbocycles. The van der Waals surface area contributed by atoms with Gasteiger partial charge in [0.2, 0.25) is 82.7 Å². The number of hydrogen-bond acceptors (Lipinski definition) is 22. The average molecular weight is 1610 g/mol. The minimum Gasteiger partial charge on any atom is -0.508 e. The number of nitrogens with two attached hydrogens (primary N) is 3. The van der Waals surface area contributed by atoms with Gasteiger partial charge in [-0.2, -0.15) is 11.8 Å². The summed E-state index contributed by atoms with van der Waals surface area (Å²) in [5, 5.41) is 72.0. The van der Waals surface area contributed by atoms with E-state index >= 15 is 0 Å². The molecule has 0 bridgehead atoms. The molecule has 39 heteroatoms. The second-order valence-electron chi connectivity index (χ2n) is 28.8. The molecule has 0 unspecified atom stereocenters. The van der Waals surface area contributed by atoms with E-state index in [1.165, 1.54) is 107 Å². The highest BCUT2D eigenvalue weighted by molar-refractivity contribution is 7.98. The largest absolute Gasteiger partial charge is 0.508 e. The van der Waals surface area contributed by atoms with Gasteiger partial charge in [-0.3, -0.25) is 71.9 Å². The minimum absolute atomic E-state index is 0.00543. The van der Waals surface area contributed by atoms with Gasteiger partial charge in [0.1, 0.15) is 89.8 Å². The van der Waals surface area contributed by atoms with Gasteiger partial charge in [-0.05, 0) is 142 Å². The number of hydrogen-bond donors (Lipinski definition) is 18. The lowest BCUT2D eigenvalue weighted by Crippen LogP contribution is -2.61. The van der Waals surface area contributed by atoms with Crippen LogP contribution in [-0.4, -0.2) is 255 Å². The lowest BCUT2D eigenvalue weighted by Gasteiger charge is -2.35. The first-order valence-electron chi connectivity index (χ1n) is 37.3. The van der Waals surface area contributed by atoms with Gasteiger partial charge in [-0.25, -0.2) is 9.78 Å². The Morgan fingerprint density at radius 2 is 0.912 bits per heavy atom. The molecule has 14 amide bonds. The molecule has 4 aromatic rings. The van der Waals surface area contributed by atoms with Gasteiger partial charge in [-0.15, -0.1) is 0 Å². The zero-order chi connectivity index (χ0) is 83.6. The van der Waals surface area contributed by atoms with Crippen LogP contribution >= 0.6 is 11.8 Å². The number of carbonyl (C=O) groups excluding carboxylic acids is 14. The molecule has 0 radical (unpaired) electrons. The van der Waals surface area contributed by atoms with Crippen molar-refractivity contribution in [2.45, 2.75) is 202 Å². The first-order chi connectivity index (χ1) is 54.1. The Morgan fingerprint density at radius 3 is 1.42 bits per heavy atom. The first kappa shape index (κ1) is 89.3. The van der Waals surface area contributed by atoms with Crippen LogP contribution in [0.25, 0.3) is 0 Å². The Morgan fingerprint density at radius 1 is 0.482 bits per heavy atom. The fourth-order valence-corrected chi connectivity index (χ4v) is 14.0. The van der Waals surface area contributed by atoms with Gasteiger partial charge in [0, 0.05) is 57.2 Å². The van der Waals surface area contributed by atoms with Crippen molar-refractivity contribution in [3.63, 3.8) is 0 Å². The van der Waals surface area contributed by atoms with E-state index in [2.05, 4.69) is 57.8 Å². The van der Waals surface area contributed by atoms with Gasteiger partial charge in [0.15, 0.2) is 0 Å². The summed E-state index contributed by atoms with van der Waals surface area (Å²) in [6, 6.07) is -1.84. The summed E-state index contributed by atoms with van der Waals surface area (Å²) < 4.78 is 0. The Labute approximate surface area is 660 Å². The molecule has 3 saturated heterocycles. The van der Waals surface area contributed by atoms with Crippen LogP contribution in [0.15, 0.2) is 85.3 Å². The zero-order valence-corrected chi connectivity index (χ0v) is 64.3. The van der Waals surface area contributed by atoms with E-state index in [0.717, 1.165) is 0 Å². The van der Waals surface area contributed by atoms with Crippen molar-refractivity contribution in [1.29, 1.82) is 0 Å². The maximum absolute atomic E-state index is 15.0. The molecule has 38 nitrogen and oxygen atoms in total. The highest BCUT2D eigenvalue weighted by Gasteiger charge is 2.48. The smallest absolute Gasteiger partial charge is 0.326 e. The molecule has 7 rings (SSSR count). The normalized spacial score (nSPS) is 17.8. The number of phenols is 3. The van der Waals surface area contributed by atoms with Crippen LogP contribution in [0.1, 0.15) is 120 Å². The van der Waals surface area contributed by atoms with Crippen LogP contribution in [0.4, 0.5) is 0 Å². The molecule has 4 heterocycles. The fraction of sp³-hybridized carbons (Fsp3) is 0.507. The monoisotopic (exact) mass is 1610 g/mol. The molecule has 3 fully saturated rings. The number of primary amides is 2. The molecule has 3 aliphatic heterocycles. The molecule has 114 heavy (non-hydrogen) atoms. The summed E-state index contributed by atoms with van der Waals surface area (Å²) in [5.41, 5.74) is 19.2. The third-order valence-electron chi connectivity index (χ3n) is 19.5. The topological polar surface area (TPSA) is 599 Å². The van der Waals surface area contributed by atoms with E-state index in [-0.39, 0.29) is 107 Å². The lowest BCUT2D eigenvalue weighted by molar-refractivity contribution is -0.151. The summed E-state index contributed by atoms with van der Waals surface area (Å²) >= 11 is 1.35. The van der Waals surface area contributed by atoms with Crippen LogP contribution in [0.5, 0.6) is 17.2 Å². The Balaban J connectivity index is 1.03. The first-order valence-corrected chi connectivity index (χ1v) is 38.7. The number of aromatic hydroxyl groups is 3. The van der Waals surface area contributed by atoms with Crippen molar-refractivity contribution in [3.8, 4) is 17.2 Å². The minimum atomic E-state index is -1.84. The second-order valence-corrected chi connectivity index (χ2v) is 29.8. The number of amides is 14. The van der Waals surface area contributed by atoms with E-state index < -0.39 is 199 Å². The van der Waals surface area contributed by atoms with Crippen molar-refractivity contribution in [2.75, 3.05) is 31.6 Å². The molecular formula is C75H101N17O21S. The van der Waals surface area contributed by atoms with Gasteiger partial charge in [0.25, 0.3) is 0 Å². The zero-order valence-electron chi connectivity index (χ0n) is 63.5. The third-order valence-corrected chi connectivity index (χ3v) is 20.1. The molecule has 0 saturated carbocycles. The average Bonchev–Trinajstić information content (AvgIpc) is 1.65. The third kappa shape index (κ3) is 26.6. The summed E-state index contributed by atoms with van der Waals surface area (Å²) in [7, 11) is 0. The molecule has 1 aromatic heterocycles. The van der Waals surface area contributed by atoms with Crippen LogP contribution in [-0.2, 0) is 102 Å². The number of carboxylic acids is 2. The maximum atomic E-state index is 15.0. The van der Waals surface area contributed by atoms with Crippen molar-refractivity contribution >= 4 is 106 Å². The number of carboxylic acid groups (broad SMARTS) is 2. The summed E-state index contributed by atoms with van der Waals surface area (Å²) in [6.07, 6.45) is 1.98. The molecule has 618 valence electrons. The van der Waals surface area contributed by atoms with Gasteiger partial charge in [-0.1, -0.05) is 50.2 Å². The van der Waals surface area contributed by atoms with Gasteiger partial charge >= 0.3 is 11.9 Å². The number of aromatic amines is 1. The van der Waals surface area contributed by atoms with Crippen molar-refractivity contribution in [2.24, 2.45) is 23.1 Å². The molecule has 21 N–H and O–H groups in total. The number of benzene rings is 3. The summed E-state index contributed by atoms with van der Waals surface area (Å²) in [4.78, 5) is 232. The van der Waals surface area contributed by atoms with E-state index in [1.54, 1.807) is 32.2 Å². The number of phenolic OH excluding ortho intramolecular Hbond substituents is 3. The number of aromatic nitrogens is 2. The number of aliphatic carboxylic acids is 2. The Bertz CT molecular complexity index is 4100. The van der Waals surface area contributed by atoms with E-state index in [1.807, 2.05) is 0 Å². The van der Waals surface area contributed by atoms with Crippen LogP contribution in [0.2, 0.25) is 0 Å². The highest BCUT2D eigenvalue weighted by atomic mass is 32.2. The van der Waals surface area contributed by atoms with E-state index in [4.69, 9.17) is 17.2 Å². The lowest BCUT2D eigenvalue weighted by atomic mass is 10.00. The van der Waals surface area contributed by atoms with Crippen LogP contribution in [0.3, 0.4) is 0 Å². The van der Waals surface area contributed by atoms with Gasteiger partial charge in [0.05, 0.1) is 25.2 Å². The number of nitrogens with one attached hydrogen (secondary N) is 10. The van der Waals surface area contributed by atoms with Crippen molar-refractivity contribution in [3.05, 3.63) is 108 Å². The number of H-pyrrole nitrogens is 1. The van der Waals surface area contributed by atoms with Gasteiger partial charge < -0.3 is 110 Å². The number of rotatable bonds is 42. The van der Waals surface area contributed by atoms with Crippen molar-refractivity contribution < 1.29 is 102 Å². The quantitative estimate of drug-likeness (QED) is 0.0210. The highest BCUT2D eigenvalue weighted by Crippen LogP contribution is 2.30. The van der Waals surface area contributed by atoms with Crippen LogP contribution in [0, 0.1) is 5.92 Å². The number of carbonyl (C=O) groups is 16.